The highest BCUT2D eigenvalue weighted by molar-refractivity contribution is 5.43. The first-order valence-electron chi connectivity index (χ1n) is 7.16. The van der Waals surface area contributed by atoms with Crippen molar-refractivity contribution in [1.29, 1.82) is 0 Å². The van der Waals surface area contributed by atoms with Crippen molar-refractivity contribution < 1.29 is 4.74 Å². The maximum absolute atomic E-state index is 5.68. The molecule has 0 bridgehead atoms. The van der Waals surface area contributed by atoms with Crippen LogP contribution in [-0.2, 0) is 0 Å². The van der Waals surface area contributed by atoms with Crippen molar-refractivity contribution in [2.24, 2.45) is 0 Å². The number of hydrogen-bond acceptors (Lipinski definition) is 6. The van der Waals surface area contributed by atoms with Crippen LogP contribution in [0.25, 0.3) is 0 Å². The Balaban J connectivity index is 2.07. The van der Waals surface area contributed by atoms with Gasteiger partial charge in [0.25, 0.3) is 0 Å². The Kier molecular flexibility index (Phi) is 4.65. The molecule has 0 atom stereocenters. The summed E-state index contributed by atoms with van der Waals surface area (Å²) in [4.78, 5) is 10.5. The molecular formula is C14H25N5O. The summed E-state index contributed by atoms with van der Waals surface area (Å²) in [7, 11) is 5.89. The van der Waals surface area contributed by atoms with Crippen molar-refractivity contribution in [3.63, 3.8) is 0 Å². The number of nitrogens with zero attached hydrogens (tertiary/aromatic N) is 3. The van der Waals surface area contributed by atoms with Gasteiger partial charge in [-0.3, -0.25) is 0 Å². The molecule has 1 aromatic heterocycles. The SMILES string of the molecule is COc1cc(NCC2(N(C)C)CCCCC2)nc(N)n1. The summed E-state index contributed by atoms with van der Waals surface area (Å²) in [5.41, 5.74) is 5.88. The van der Waals surface area contributed by atoms with Crippen LogP contribution in [0.4, 0.5) is 11.8 Å². The van der Waals surface area contributed by atoms with Crippen molar-refractivity contribution in [3.8, 4) is 5.88 Å². The Labute approximate surface area is 120 Å². The topological polar surface area (TPSA) is 76.3 Å². The van der Waals surface area contributed by atoms with Crippen molar-refractivity contribution >= 4 is 11.8 Å². The van der Waals surface area contributed by atoms with E-state index in [4.69, 9.17) is 10.5 Å². The number of hydrogen-bond donors (Lipinski definition) is 2. The monoisotopic (exact) mass is 279 g/mol. The molecule has 0 spiro atoms. The maximum Gasteiger partial charge on any atom is 0.225 e. The maximum atomic E-state index is 5.68. The second-order valence-corrected chi connectivity index (χ2v) is 5.69. The predicted molar refractivity (Wildman–Crippen MR) is 81.0 cm³/mol. The highest BCUT2D eigenvalue weighted by Gasteiger charge is 2.34. The van der Waals surface area contributed by atoms with Gasteiger partial charge in [-0.05, 0) is 26.9 Å². The van der Waals surface area contributed by atoms with Gasteiger partial charge >= 0.3 is 0 Å². The summed E-state index contributed by atoms with van der Waals surface area (Å²) < 4.78 is 5.12. The number of nitrogens with two attached hydrogens (primary N) is 1. The molecule has 0 aliphatic heterocycles. The molecule has 112 valence electrons. The van der Waals surface area contributed by atoms with Gasteiger partial charge < -0.3 is 20.7 Å². The molecular weight excluding hydrogens is 254 g/mol. The summed E-state index contributed by atoms with van der Waals surface area (Å²) in [6, 6.07) is 1.78. The van der Waals surface area contributed by atoms with Crippen molar-refractivity contribution in [3.05, 3.63) is 6.07 Å². The predicted octanol–water partition coefficient (Wildman–Crippen LogP) is 1.74. The number of likely N-dealkylation sites (N-methyl/N-ethyl adjacent to an activating group) is 1. The van der Waals surface area contributed by atoms with Crippen LogP contribution in [-0.4, -0.2) is 48.2 Å². The molecule has 3 N–H and O–H groups in total. The van der Waals surface area contributed by atoms with Gasteiger partial charge in [-0.25, -0.2) is 0 Å². The lowest BCUT2D eigenvalue weighted by Gasteiger charge is -2.43. The van der Waals surface area contributed by atoms with Gasteiger partial charge in [-0.1, -0.05) is 19.3 Å². The van der Waals surface area contributed by atoms with Crippen molar-refractivity contribution in [1.82, 2.24) is 14.9 Å². The van der Waals surface area contributed by atoms with E-state index in [1.807, 2.05) is 0 Å². The quantitative estimate of drug-likeness (QED) is 0.855. The van der Waals surface area contributed by atoms with Gasteiger partial charge in [0.15, 0.2) is 0 Å². The second kappa shape index (κ2) is 6.26. The van der Waals surface area contributed by atoms with Crippen LogP contribution < -0.4 is 15.8 Å². The minimum absolute atomic E-state index is 0.200. The third-order valence-corrected chi connectivity index (χ3v) is 4.26. The van der Waals surface area contributed by atoms with Crippen LogP contribution >= 0.6 is 0 Å². The second-order valence-electron chi connectivity index (χ2n) is 5.69. The molecule has 0 amide bonds. The largest absolute Gasteiger partial charge is 0.481 e. The molecule has 1 aliphatic rings. The van der Waals surface area contributed by atoms with Crippen LogP contribution in [0, 0.1) is 0 Å². The number of methoxy groups -OCH3 is 1. The highest BCUT2D eigenvalue weighted by atomic mass is 16.5. The fourth-order valence-electron chi connectivity index (χ4n) is 2.89. The van der Waals surface area contributed by atoms with E-state index in [2.05, 4.69) is 34.3 Å². The molecule has 6 heteroatoms. The molecule has 0 saturated heterocycles. The number of ether oxygens (including phenoxy) is 1. The molecule has 1 aliphatic carbocycles. The van der Waals surface area contributed by atoms with Crippen LogP contribution in [0.5, 0.6) is 5.88 Å². The smallest absolute Gasteiger partial charge is 0.225 e. The lowest BCUT2D eigenvalue weighted by molar-refractivity contribution is 0.113. The van der Waals surface area contributed by atoms with E-state index in [1.165, 1.54) is 32.1 Å². The van der Waals surface area contributed by atoms with E-state index in [1.54, 1.807) is 13.2 Å². The van der Waals surface area contributed by atoms with E-state index in [0.717, 1.165) is 12.4 Å². The van der Waals surface area contributed by atoms with Gasteiger partial charge in [0, 0.05) is 18.2 Å². The number of nitrogen functional groups attached to an aromatic ring is 1. The first-order valence-corrected chi connectivity index (χ1v) is 7.16. The summed E-state index contributed by atoms with van der Waals surface area (Å²) in [5.74, 6) is 1.44. The first kappa shape index (κ1) is 14.8. The molecule has 0 unspecified atom stereocenters. The Morgan fingerprint density at radius 1 is 1.30 bits per heavy atom. The zero-order chi connectivity index (χ0) is 14.6. The summed E-state index contributed by atoms with van der Waals surface area (Å²) in [5, 5.41) is 3.40. The van der Waals surface area contributed by atoms with Crippen LogP contribution in [0.1, 0.15) is 32.1 Å². The fraction of sp³-hybridized carbons (Fsp3) is 0.714. The molecule has 1 saturated carbocycles. The zero-order valence-electron chi connectivity index (χ0n) is 12.6. The molecule has 1 aromatic rings. The average Bonchev–Trinajstić information content (AvgIpc) is 2.45. The Morgan fingerprint density at radius 2 is 2.00 bits per heavy atom. The molecule has 1 fully saturated rings. The molecule has 20 heavy (non-hydrogen) atoms. The van der Waals surface area contributed by atoms with E-state index in [-0.39, 0.29) is 11.5 Å². The van der Waals surface area contributed by atoms with Crippen LogP contribution in [0.3, 0.4) is 0 Å². The van der Waals surface area contributed by atoms with Crippen molar-refractivity contribution in [2.45, 2.75) is 37.6 Å². The minimum Gasteiger partial charge on any atom is -0.481 e. The van der Waals surface area contributed by atoms with Gasteiger partial charge in [0.2, 0.25) is 11.8 Å². The van der Waals surface area contributed by atoms with Crippen LogP contribution in [0.15, 0.2) is 6.07 Å². The molecule has 2 rings (SSSR count). The van der Waals surface area contributed by atoms with Crippen molar-refractivity contribution in [2.75, 3.05) is 38.8 Å². The number of aromatic nitrogens is 2. The Morgan fingerprint density at radius 3 is 2.60 bits per heavy atom. The lowest BCUT2D eigenvalue weighted by atomic mass is 9.80. The standard InChI is InChI=1S/C14H25N5O/c1-19(2)14(7-5-4-6-8-14)10-16-11-9-12(20-3)18-13(15)17-11/h9H,4-8,10H2,1-3H3,(H3,15,16,17,18). The molecule has 0 radical (unpaired) electrons. The zero-order valence-corrected chi connectivity index (χ0v) is 12.6. The number of rotatable bonds is 5. The van der Waals surface area contributed by atoms with Gasteiger partial charge in [0.05, 0.1) is 7.11 Å². The van der Waals surface area contributed by atoms with E-state index in [0.29, 0.717) is 5.88 Å². The fourth-order valence-corrected chi connectivity index (χ4v) is 2.89. The normalized spacial score (nSPS) is 18.0. The third kappa shape index (κ3) is 3.30. The summed E-state index contributed by atoms with van der Waals surface area (Å²) in [6.07, 6.45) is 6.34. The highest BCUT2D eigenvalue weighted by Crippen LogP contribution is 2.32. The van der Waals surface area contributed by atoms with Gasteiger partial charge in [0.1, 0.15) is 5.82 Å². The third-order valence-electron chi connectivity index (χ3n) is 4.26. The average molecular weight is 279 g/mol. The van der Waals surface area contributed by atoms with E-state index < -0.39 is 0 Å². The van der Waals surface area contributed by atoms with E-state index >= 15 is 0 Å². The van der Waals surface area contributed by atoms with E-state index in [9.17, 15) is 0 Å². The molecule has 6 nitrogen and oxygen atoms in total. The first-order chi connectivity index (χ1) is 9.55. The number of nitrogens with one attached hydrogen (secondary N) is 1. The Bertz CT molecular complexity index is 443. The molecule has 1 heterocycles. The minimum atomic E-state index is 0.200. The summed E-state index contributed by atoms with van der Waals surface area (Å²) >= 11 is 0. The summed E-state index contributed by atoms with van der Waals surface area (Å²) in [6.45, 7) is 0.861. The van der Waals surface area contributed by atoms with Gasteiger partial charge in [-0.15, -0.1) is 0 Å². The molecule has 0 aromatic carbocycles. The number of anilines is 2. The van der Waals surface area contributed by atoms with Gasteiger partial charge in [-0.2, -0.15) is 9.97 Å². The lowest BCUT2D eigenvalue weighted by Crippen LogP contribution is -2.51. The Hall–Kier alpha value is -1.56. The van der Waals surface area contributed by atoms with Crippen LogP contribution in [0.2, 0.25) is 0 Å².